The molecule has 0 fully saturated rings. The van der Waals surface area contributed by atoms with Crippen molar-refractivity contribution in [3.8, 4) is 0 Å². The van der Waals surface area contributed by atoms with Gasteiger partial charge >= 0.3 is 0 Å². The topological polar surface area (TPSA) is 39.7 Å². The molecule has 0 amide bonds. The van der Waals surface area contributed by atoms with Crippen LogP contribution in [0.1, 0.15) is 0 Å². The normalized spacial score (nSPS) is 28.0. The lowest BCUT2D eigenvalue weighted by Gasteiger charge is -2.05. The van der Waals surface area contributed by atoms with Crippen LogP contribution in [0.2, 0.25) is 0 Å². The SMILES string of the molecule is C1=C2/C=C\OCO/C=C\2ON1. The summed E-state index contributed by atoms with van der Waals surface area (Å²) in [6.45, 7) is 0.219. The van der Waals surface area contributed by atoms with Gasteiger partial charge in [-0.15, -0.1) is 0 Å². The molecule has 0 aromatic rings. The summed E-state index contributed by atoms with van der Waals surface area (Å²) in [5.74, 6) is 0.671. The fourth-order valence-corrected chi connectivity index (χ4v) is 0.819. The van der Waals surface area contributed by atoms with Gasteiger partial charge in [-0.05, 0) is 6.08 Å². The zero-order valence-electron chi connectivity index (χ0n) is 5.74. The van der Waals surface area contributed by atoms with Crippen LogP contribution in [0, 0.1) is 0 Å². The molecular formula is C7H7NO3. The number of ether oxygens (including phenoxy) is 2. The van der Waals surface area contributed by atoms with Gasteiger partial charge in [-0.1, -0.05) is 0 Å². The third kappa shape index (κ3) is 1.14. The molecular weight excluding hydrogens is 146 g/mol. The van der Waals surface area contributed by atoms with Crippen LogP contribution in [-0.4, -0.2) is 6.79 Å². The molecule has 0 saturated heterocycles. The number of hydrogen-bond acceptors (Lipinski definition) is 4. The van der Waals surface area contributed by atoms with Gasteiger partial charge in [0.25, 0.3) is 0 Å². The Morgan fingerprint density at radius 1 is 1.36 bits per heavy atom. The van der Waals surface area contributed by atoms with Crippen LogP contribution >= 0.6 is 0 Å². The average Bonchev–Trinajstić information content (AvgIpc) is 2.35. The maximum atomic E-state index is 4.98. The molecule has 2 aliphatic heterocycles. The molecule has 2 rings (SSSR count). The minimum atomic E-state index is 0.219. The van der Waals surface area contributed by atoms with Gasteiger partial charge in [0.1, 0.15) is 6.26 Å². The Kier molecular flexibility index (Phi) is 1.44. The quantitative estimate of drug-likeness (QED) is 0.557. The van der Waals surface area contributed by atoms with E-state index >= 15 is 0 Å². The number of rotatable bonds is 0. The van der Waals surface area contributed by atoms with E-state index in [1.165, 1.54) is 6.26 Å². The molecule has 2 heterocycles. The van der Waals surface area contributed by atoms with E-state index in [9.17, 15) is 0 Å². The van der Waals surface area contributed by atoms with Crippen molar-refractivity contribution in [3.05, 3.63) is 36.1 Å². The molecule has 4 nitrogen and oxygen atoms in total. The van der Waals surface area contributed by atoms with Gasteiger partial charge in [0.05, 0.1) is 6.26 Å². The van der Waals surface area contributed by atoms with Crippen LogP contribution in [0.4, 0.5) is 0 Å². The highest BCUT2D eigenvalue weighted by Crippen LogP contribution is 2.17. The van der Waals surface area contributed by atoms with E-state index in [1.54, 1.807) is 18.5 Å². The number of hydrogen-bond donors (Lipinski definition) is 1. The summed E-state index contributed by atoms with van der Waals surface area (Å²) in [6.07, 6.45) is 6.60. The third-order valence-corrected chi connectivity index (χ3v) is 1.34. The van der Waals surface area contributed by atoms with Crippen LogP contribution in [0.3, 0.4) is 0 Å². The van der Waals surface area contributed by atoms with Gasteiger partial charge in [-0.25, -0.2) is 5.48 Å². The lowest BCUT2D eigenvalue weighted by molar-refractivity contribution is 0.0351. The van der Waals surface area contributed by atoms with Gasteiger partial charge < -0.3 is 14.3 Å². The monoisotopic (exact) mass is 153 g/mol. The van der Waals surface area contributed by atoms with Crippen molar-refractivity contribution in [3.63, 3.8) is 0 Å². The second-order valence-corrected chi connectivity index (χ2v) is 2.06. The Labute approximate surface area is 63.7 Å². The van der Waals surface area contributed by atoms with E-state index < -0.39 is 0 Å². The van der Waals surface area contributed by atoms with Crippen LogP contribution in [0.5, 0.6) is 0 Å². The van der Waals surface area contributed by atoms with Crippen LogP contribution in [0.15, 0.2) is 36.1 Å². The minimum Gasteiger partial charge on any atom is -0.465 e. The summed E-state index contributed by atoms with van der Waals surface area (Å²) in [7, 11) is 0. The smallest absolute Gasteiger partial charge is 0.229 e. The van der Waals surface area contributed by atoms with Crippen molar-refractivity contribution in [2.45, 2.75) is 0 Å². The molecule has 0 spiro atoms. The largest absolute Gasteiger partial charge is 0.465 e. The van der Waals surface area contributed by atoms with Gasteiger partial charge in [-0.2, -0.15) is 0 Å². The van der Waals surface area contributed by atoms with Crippen molar-refractivity contribution >= 4 is 0 Å². The summed E-state index contributed by atoms with van der Waals surface area (Å²) in [6, 6.07) is 0. The highest BCUT2D eigenvalue weighted by atomic mass is 16.7. The molecule has 4 heteroatoms. The van der Waals surface area contributed by atoms with Crippen molar-refractivity contribution in [1.82, 2.24) is 5.48 Å². The van der Waals surface area contributed by atoms with E-state index in [4.69, 9.17) is 14.3 Å². The highest BCUT2D eigenvalue weighted by molar-refractivity contribution is 5.36. The van der Waals surface area contributed by atoms with Crippen LogP contribution in [-0.2, 0) is 14.3 Å². The Morgan fingerprint density at radius 2 is 2.36 bits per heavy atom. The Morgan fingerprint density at radius 3 is 3.36 bits per heavy atom. The minimum absolute atomic E-state index is 0.219. The molecule has 0 unspecified atom stereocenters. The van der Waals surface area contributed by atoms with Crippen molar-refractivity contribution in [2.24, 2.45) is 0 Å². The van der Waals surface area contributed by atoms with Crippen molar-refractivity contribution < 1.29 is 14.3 Å². The Hall–Kier alpha value is -1.58. The predicted molar refractivity (Wildman–Crippen MR) is 36.6 cm³/mol. The van der Waals surface area contributed by atoms with E-state index in [0.717, 1.165) is 5.57 Å². The van der Waals surface area contributed by atoms with Crippen molar-refractivity contribution in [2.75, 3.05) is 6.79 Å². The third-order valence-electron chi connectivity index (χ3n) is 1.34. The lowest BCUT2D eigenvalue weighted by Crippen LogP contribution is -1.99. The Balaban J connectivity index is 2.24. The molecule has 0 bridgehead atoms. The summed E-state index contributed by atoms with van der Waals surface area (Å²) < 4.78 is 9.86. The molecule has 2 aliphatic rings. The molecule has 11 heavy (non-hydrogen) atoms. The molecule has 1 N–H and O–H groups in total. The van der Waals surface area contributed by atoms with E-state index in [-0.39, 0.29) is 6.79 Å². The average molecular weight is 153 g/mol. The molecule has 0 aromatic carbocycles. The second-order valence-electron chi connectivity index (χ2n) is 2.06. The first kappa shape index (κ1) is 6.15. The number of allylic oxidation sites excluding steroid dienone is 1. The fraction of sp³-hybridized carbons (Fsp3) is 0.143. The molecule has 0 aliphatic carbocycles. The molecule has 0 aromatic heterocycles. The van der Waals surface area contributed by atoms with Gasteiger partial charge in [0.2, 0.25) is 6.79 Å². The zero-order chi connectivity index (χ0) is 7.52. The summed E-state index contributed by atoms with van der Waals surface area (Å²) in [5.41, 5.74) is 3.51. The molecule has 0 radical (unpaired) electrons. The maximum absolute atomic E-state index is 4.98. The lowest BCUT2D eigenvalue weighted by atomic mass is 10.2. The molecule has 0 saturated carbocycles. The van der Waals surface area contributed by atoms with Crippen molar-refractivity contribution in [1.29, 1.82) is 0 Å². The fourth-order valence-electron chi connectivity index (χ4n) is 0.819. The summed E-state index contributed by atoms with van der Waals surface area (Å²) >= 11 is 0. The molecule has 0 atom stereocenters. The summed E-state index contributed by atoms with van der Waals surface area (Å²) in [4.78, 5) is 4.98. The number of nitrogens with one attached hydrogen (secondary N) is 1. The Bertz CT molecular complexity index is 242. The number of fused-ring (bicyclic) bond motifs is 1. The standard InChI is InChI=1S/C7H7NO3/c1-2-9-5-10-4-7-6(1)3-8-11-7/h1-4,8H,5H2/b2-1-,7-4+. The van der Waals surface area contributed by atoms with Crippen LogP contribution in [0.25, 0.3) is 0 Å². The first-order valence-corrected chi connectivity index (χ1v) is 3.20. The highest BCUT2D eigenvalue weighted by Gasteiger charge is 2.11. The molecule has 58 valence electrons. The zero-order valence-corrected chi connectivity index (χ0v) is 5.74. The van der Waals surface area contributed by atoms with E-state index in [2.05, 4.69) is 5.48 Å². The maximum Gasteiger partial charge on any atom is 0.229 e. The first-order chi connectivity index (χ1) is 5.47. The second kappa shape index (κ2) is 2.57. The predicted octanol–water partition coefficient (Wildman–Crippen LogP) is 0.764. The van der Waals surface area contributed by atoms with E-state index in [0.29, 0.717) is 5.76 Å². The van der Waals surface area contributed by atoms with Gasteiger partial charge in [0, 0.05) is 11.8 Å². The first-order valence-electron chi connectivity index (χ1n) is 3.20. The van der Waals surface area contributed by atoms with Crippen LogP contribution < -0.4 is 5.48 Å². The summed E-state index contributed by atoms with van der Waals surface area (Å²) in [5, 5.41) is 0. The number of hydroxylamine groups is 1. The van der Waals surface area contributed by atoms with Gasteiger partial charge in [0.15, 0.2) is 5.76 Å². The van der Waals surface area contributed by atoms with E-state index in [1.807, 2.05) is 0 Å². The van der Waals surface area contributed by atoms with Gasteiger partial charge in [-0.3, -0.25) is 0 Å².